The molecule has 0 spiro atoms. The lowest BCUT2D eigenvalue weighted by molar-refractivity contribution is -0.129. The first kappa shape index (κ1) is 24.4. The molecule has 1 amide bonds. The normalized spacial score (nSPS) is 19.3. The zero-order valence-electron chi connectivity index (χ0n) is 21.0. The number of anilines is 2. The third kappa shape index (κ3) is 6.09. The Kier molecular flexibility index (Phi) is 7.88. The van der Waals surface area contributed by atoms with E-state index in [0.717, 1.165) is 89.0 Å². The lowest BCUT2D eigenvalue weighted by Gasteiger charge is -2.28. The molecule has 0 radical (unpaired) electrons. The van der Waals surface area contributed by atoms with Gasteiger partial charge in [0.2, 0.25) is 5.91 Å². The predicted molar refractivity (Wildman–Crippen MR) is 141 cm³/mol. The number of nitrogens with zero attached hydrogens (tertiary/aromatic N) is 6. The highest BCUT2D eigenvalue weighted by atomic mass is 16.5. The Morgan fingerprint density at radius 3 is 2.81 bits per heavy atom. The van der Waals surface area contributed by atoms with Crippen LogP contribution in [0.1, 0.15) is 12.5 Å². The number of aromatic nitrogens is 3. The second-order valence-electron chi connectivity index (χ2n) is 9.64. The Balaban J connectivity index is 1.22. The van der Waals surface area contributed by atoms with Gasteiger partial charge in [-0.2, -0.15) is 0 Å². The van der Waals surface area contributed by atoms with Gasteiger partial charge < -0.3 is 19.9 Å². The Morgan fingerprint density at radius 1 is 1.08 bits per heavy atom. The Bertz CT molecular complexity index is 1160. The van der Waals surface area contributed by atoms with Gasteiger partial charge in [0.05, 0.1) is 13.2 Å². The second kappa shape index (κ2) is 11.6. The molecule has 1 atom stereocenters. The Morgan fingerprint density at radius 2 is 1.94 bits per heavy atom. The van der Waals surface area contributed by atoms with Crippen molar-refractivity contribution in [1.82, 2.24) is 24.8 Å². The van der Waals surface area contributed by atoms with Gasteiger partial charge in [-0.1, -0.05) is 24.3 Å². The van der Waals surface area contributed by atoms with Crippen molar-refractivity contribution < 1.29 is 9.53 Å². The number of benzene rings is 1. The Labute approximate surface area is 212 Å². The standard InChI is InChI=1S/C27H35N7O2/c1-21(35)34-9-8-32(7-6-29-26-15-27(31-20-30-26)33-10-12-36-13-11-33)18-22(19-34)14-24-17-28-16-23-4-2-3-5-25(23)24/h2-5,15-17,20,22H,6-14,18-19H2,1H3,(H,29,30,31). The lowest BCUT2D eigenvalue weighted by Crippen LogP contribution is -2.37. The lowest BCUT2D eigenvalue weighted by atomic mass is 9.96. The van der Waals surface area contributed by atoms with Gasteiger partial charge >= 0.3 is 0 Å². The van der Waals surface area contributed by atoms with E-state index in [1.807, 2.05) is 29.4 Å². The van der Waals surface area contributed by atoms with E-state index in [1.165, 1.54) is 10.9 Å². The first-order chi connectivity index (χ1) is 17.7. The van der Waals surface area contributed by atoms with Crippen LogP contribution in [0, 0.1) is 5.92 Å². The van der Waals surface area contributed by atoms with Crippen LogP contribution in [0.5, 0.6) is 0 Å². The molecule has 0 saturated carbocycles. The molecule has 1 unspecified atom stereocenters. The van der Waals surface area contributed by atoms with Crippen molar-refractivity contribution in [1.29, 1.82) is 0 Å². The quantitative estimate of drug-likeness (QED) is 0.541. The van der Waals surface area contributed by atoms with Crippen LogP contribution in [0.15, 0.2) is 49.1 Å². The monoisotopic (exact) mass is 489 g/mol. The molecule has 2 aliphatic rings. The third-order valence-electron chi connectivity index (χ3n) is 7.11. The van der Waals surface area contributed by atoms with Crippen molar-refractivity contribution in [3.63, 3.8) is 0 Å². The number of nitrogens with one attached hydrogen (secondary N) is 1. The molecule has 9 heteroatoms. The van der Waals surface area contributed by atoms with Crippen LogP contribution in [0.2, 0.25) is 0 Å². The summed E-state index contributed by atoms with van der Waals surface area (Å²) in [5.41, 5.74) is 1.25. The molecule has 3 aromatic rings. The van der Waals surface area contributed by atoms with Gasteiger partial charge in [0.15, 0.2) is 0 Å². The number of hydrogen-bond donors (Lipinski definition) is 1. The summed E-state index contributed by atoms with van der Waals surface area (Å²) < 4.78 is 5.45. The number of pyridine rings is 1. The largest absolute Gasteiger partial charge is 0.378 e. The first-order valence-corrected chi connectivity index (χ1v) is 12.8. The van der Waals surface area contributed by atoms with Crippen molar-refractivity contribution >= 4 is 28.3 Å². The smallest absolute Gasteiger partial charge is 0.219 e. The highest BCUT2D eigenvalue weighted by Gasteiger charge is 2.25. The summed E-state index contributed by atoms with van der Waals surface area (Å²) in [6, 6.07) is 10.4. The molecular weight excluding hydrogens is 454 g/mol. The molecule has 4 heterocycles. The summed E-state index contributed by atoms with van der Waals surface area (Å²) in [6.45, 7) is 9.85. The highest BCUT2D eigenvalue weighted by Crippen LogP contribution is 2.22. The van der Waals surface area contributed by atoms with Gasteiger partial charge in [-0.05, 0) is 23.3 Å². The fourth-order valence-electron chi connectivity index (χ4n) is 5.20. The van der Waals surface area contributed by atoms with E-state index in [2.05, 4.69) is 48.3 Å². The summed E-state index contributed by atoms with van der Waals surface area (Å²) >= 11 is 0. The van der Waals surface area contributed by atoms with Crippen LogP contribution in [0.25, 0.3) is 10.8 Å². The topological polar surface area (TPSA) is 86.7 Å². The van der Waals surface area contributed by atoms with Crippen LogP contribution in [-0.2, 0) is 16.0 Å². The third-order valence-corrected chi connectivity index (χ3v) is 7.11. The average molecular weight is 490 g/mol. The van der Waals surface area contributed by atoms with E-state index in [0.29, 0.717) is 5.92 Å². The minimum atomic E-state index is 0.146. The summed E-state index contributed by atoms with van der Waals surface area (Å²) in [6.07, 6.45) is 6.43. The van der Waals surface area contributed by atoms with E-state index < -0.39 is 0 Å². The number of amides is 1. The molecule has 2 aromatic heterocycles. The van der Waals surface area contributed by atoms with E-state index in [9.17, 15) is 4.79 Å². The van der Waals surface area contributed by atoms with Crippen LogP contribution in [-0.4, -0.2) is 96.2 Å². The molecule has 1 N–H and O–H groups in total. The van der Waals surface area contributed by atoms with Gasteiger partial charge in [0.25, 0.3) is 0 Å². The minimum absolute atomic E-state index is 0.146. The van der Waals surface area contributed by atoms with E-state index in [-0.39, 0.29) is 5.91 Å². The molecular formula is C27H35N7O2. The first-order valence-electron chi connectivity index (χ1n) is 12.8. The number of carbonyl (C=O) groups excluding carboxylic acids is 1. The van der Waals surface area contributed by atoms with Crippen molar-refractivity contribution in [3.05, 3.63) is 54.6 Å². The molecule has 190 valence electrons. The number of ether oxygens (including phenoxy) is 1. The van der Waals surface area contributed by atoms with Crippen LogP contribution < -0.4 is 10.2 Å². The fraction of sp³-hybridized carbons (Fsp3) is 0.481. The number of hydrogen-bond acceptors (Lipinski definition) is 8. The zero-order chi connectivity index (χ0) is 24.7. The number of fused-ring (bicyclic) bond motifs is 1. The van der Waals surface area contributed by atoms with Crippen molar-refractivity contribution in [2.45, 2.75) is 13.3 Å². The van der Waals surface area contributed by atoms with Gasteiger partial charge in [-0.3, -0.25) is 14.7 Å². The molecule has 2 fully saturated rings. The molecule has 9 nitrogen and oxygen atoms in total. The Hall–Kier alpha value is -3.30. The average Bonchev–Trinajstić information content (AvgIpc) is 3.12. The molecule has 0 aliphatic carbocycles. The summed E-state index contributed by atoms with van der Waals surface area (Å²) in [7, 11) is 0. The summed E-state index contributed by atoms with van der Waals surface area (Å²) in [4.78, 5) is 32.3. The van der Waals surface area contributed by atoms with Crippen molar-refractivity contribution in [2.24, 2.45) is 5.92 Å². The number of carbonyl (C=O) groups is 1. The predicted octanol–water partition coefficient (Wildman–Crippen LogP) is 2.30. The maximum absolute atomic E-state index is 12.3. The van der Waals surface area contributed by atoms with Crippen molar-refractivity contribution in [2.75, 3.05) is 75.8 Å². The molecule has 5 rings (SSSR count). The van der Waals surface area contributed by atoms with E-state index in [4.69, 9.17) is 4.74 Å². The number of rotatable bonds is 7. The minimum Gasteiger partial charge on any atom is -0.378 e. The van der Waals surface area contributed by atoms with E-state index >= 15 is 0 Å². The molecule has 2 aliphatic heterocycles. The maximum Gasteiger partial charge on any atom is 0.219 e. The van der Waals surface area contributed by atoms with Crippen molar-refractivity contribution in [3.8, 4) is 0 Å². The summed E-state index contributed by atoms with van der Waals surface area (Å²) in [5.74, 6) is 2.26. The molecule has 1 aromatic carbocycles. The SMILES string of the molecule is CC(=O)N1CCN(CCNc2cc(N3CCOCC3)ncn2)CC(Cc2cncc3ccccc23)C1. The van der Waals surface area contributed by atoms with Gasteiger partial charge in [-0.25, -0.2) is 9.97 Å². The maximum atomic E-state index is 12.3. The molecule has 36 heavy (non-hydrogen) atoms. The van der Waals surface area contributed by atoms with Gasteiger partial charge in [0, 0.05) is 83.1 Å². The fourth-order valence-corrected chi connectivity index (χ4v) is 5.20. The second-order valence-corrected chi connectivity index (χ2v) is 9.64. The van der Waals surface area contributed by atoms with Gasteiger partial charge in [-0.15, -0.1) is 0 Å². The molecule has 2 saturated heterocycles. The van der Waals surface area contributed by atoms with Gasteiger partial charge in [0.1, 0.15) is 18.0 Å². The zero-order valence-corrected chi connectivity index (χ0v) is 21.0. The van der Waals surface area contributed by atoms with Crippen LogP contribution in [0.4, 0.5) is 11.6 Å². The number of morpholine rings is 1. The van der Waals surface area contributed by atoms with Crippen LogP contribution >= 0.6 is 0 Å². The van der Waals surface area contributed by atoms with Crippen LogP contribution in [0.3, 0.4) is 0 Å². The molecule has 0 bridgehead atoms. The summed E-state index contributed by atoms with van der Waals surface area (Å²) in [5, 5.41) is 5.88. The van der Waals surface area contributed by atoms with E-state index in [1.54, 1.807) is 13.3 Å². The highest BCUT2D eigenvalue weighted by molar-refractivity contribution is 5.84.